The summed E-state index contributed by atoms with van der Waals surface area (Å²) in [6.07, 6.45) is 0. The molecule has 2 rings (SSSR count). The average molecular weight is 346 g/mol. The van der Waals surface area contributed by atoms with Crippen molar-refractivity contribution in [2.75, 3.05) is 10.8 Å². The molecule has 0 unspecified atom stereocenters. The van der Waals surface area contributed by atoms with Crippen molar-refractivity contribution >= 4 is 21.6 Å². The summed E-state index contributed by atoms with van der Waals surface area (Å²) in [5.74, 6) is -0.342. The van der Waals surface area contributed by atoms with Gasteiger partial charge in [0.25, 0.3) is 10.0 Å². The third-order valence-electron chi connectivity index (χ3n) is 3.36. The molecule has 1 amide bonds. The normalized spacial score (nSPS) is 11.3. The van der Waals surface area contributed by atoms with E-state index < -0.39 is 10.0 Å². The van der Waals surface area contributed by atoms with E-state index in [1.54, 1.807) is 36.4 Å². The highest BCUT2D eigenvalue weighted by molar-refractivity contribution is 7.92. The average Bonchev–Trinajstić information content (AvgIpc) is 2.52. The molecule has 24 heavy (non-hydrogen) atoms. The van der Waals surface area contributed by atoms with Gasteiger partial charge in [-0.3, -0.25) is 9.10 Å². The molecule has 0 bridgehead atoms. The van der Waals surface area contributed by atoms with Crippen LogP contribution >= 0.6 is 0 Å². The molecule has 128 valence electrons. The number of nitrogens with one attached hydrogen (secondary N) is 1. The molecule has 0 aliphatic carbocycles. The first kappa shape index (κ1) is 18.0. The maximum Gasteiger partial charge on any atom is 0.264 e. The summed E-state index contributed by atoms with van der Waals surface area (Å²) in [6.45, 7) is 5.28. The lowest BCUT2D eigenvalue weighted by atomic mass is 10.2. The monoisotopic (exact) mass is 346 g/mol. The minimum atomic E-state index is -3.83. The van der Waals surface area contributed by atoms with Crippen molar-refractivity contribution in [1.29, 1.82) is 0 Å². The van der Waals surface area contributed by atoms with Crippen LogP contribution in [0.25, 0.3) is 0 Å². The lowest BCUT2D eigenvalue weighted by Crippen LogP contribution is -2.42. The van der Waals surface area contributed by atoms with Crippen LogP contribution in [0.1, 0.15) is 19.4 Å². The van der Waals surface area contributed by atoms with Gasteiger partial charge in [-0.1, -0.05) is 30.3 Å². The molecule has 5 nitrogen and oxygen atoms in total. The number of benzene rings is 2. The second-order valence-electron chi connectivity index (χ2n) is 5.89. The zero-order valence-electron chi connectivity index (χ0n) is 14.1. The Hall–Kier alpha value is -2.34. The quantitative estimate of drug-likeness (QED) is 0.874. The van der Waals surface area contributed by atoms with E-state index in [0.29, 0.717) is 5.69 Å². The summed E-state index contributed by atoms with van der Waals surface area (Å²) in [7, 11) is -3.83. The number of amides is 1. The maximum absolute atomic E-state index is 13.0. The highest BCUT2D eigenvalue weighted by Crippen LogP contribution is 2.24. The van der Waals surface area contributed by atoms with Gasteiger partial charge in [0, 0.05) is 6.04 Å². The molecule has 2 aromatic rings. The molecule has 0 saturated heterocycles. The minimum Gasteiger partial charge on any atom is -0.352 e. The molecule has 2 aromatic carbocycles. The predicted octanol–water partition coefficient (Wildman–Crippen LogP) is 2.71. The van der Waals surface area contributed by atoms with Gasteiger partial charge < -0.3 is 5.32 Å². The second-order valence-corrected chi connectivity index (χ2v) is 7.75. The summed E-state index contributed by atoms with van der Waals surface area (Å²) in [5, 5.41) is 2.74. The standard InChI is InChI=1S/C18H22N2O3S/c1-14(2)19-18(21)13-20(16-9-7-8-15(3)12-16)24(22,23)17-10-5-4-6-11-17/h4-12,14H,13H2,1-3H3,(H,19,21). The summed E-state index contributed by atoms with van der Waals surface area (Å²) < 4.78 is 27.2. The molecule has 6 heteroatoms. The maximum atomic E-state index is 13.0. The van der Waals surface area contributed by atoms with Gasteiger partial charge in [-0.25, -0.2) is 8.42 Å². The van der Waals surface area contributed by atoms with Crippen LogP contribution in [0.2, 0.25) is 0 Å². The van der Waals surface area contributed by atoms with E-state index in [-0.39, 0.29) is 23.4 Å². The van der Waals surface area contributed by atoms with Gasteiger partial charge in [0.15, 0.2) is 0 Å². The van der Waals surface area contributed by atoms with Gasteiger partial charge in [-0.2, -0.15) is 0 Å². The zero-order valence-corrected chi connectivity index (χ0v) is 14.9. The van der Waals surface area contributed by atoms with Gasteiger partial charge >= 0.3 is 0 Å². The molecule has 0 fully saturated rings. The number of nitrogens with zero attached hydrogens (tertiary/aromatic N) is 1. The van der Waals surface area contributed by atoms with Crippen molar-refractivity contribution in [3.8, 4) is 0 Å². The number of aryl methyl sites for hydroxylation is 1. The van der Waals surface area contributed by atoms with Crippen LogP contribution in [-0.2, 0) is 14.8 Å². The number of hydrogen-bond donors (Lipinski definition) is 1. The predicted molar refractivity (Wildman–Crippen MR) is 95.4 cm³/mol. The Kier molecular flexibility index (Phi) is 5.62. The van der Waals surface area contributed by atoms with Crippen molar-refractivity contribution in [1.82, 2.24) is 5.32 Å². The fraction of sp³-hybridized carbons (Fsp3) is 0.278. The van der Waals surface area contributed by atoms with E-state index in [4.69, 9.17) is 0 Å². The SMILES string of the molecule is Cc1cccc(N(CC(=O)NC(C)C)S(=O)(=O)c2ccccc2)c1. The Balaban J connectivity index is 2.45. The van der Waals surface area contributed by atoms with Crippen LogP contribution in [0.3, 0.4) is 0 Å². The molecule has 1 N–H and O–H groups in total. The second kappa shape index (κ2) is 7.49. The molecule has 0 spiro atoms. The Morgan fingerprint density at radius 2 is 1.75 bits per heavy atom. The Labute approximate surface area is 143 Å². The van der Waals surface area contributed by atoms with Crippen LogP contribution in [0.5, 0.6) is 0 Å². The highest BCUT2D eigenvalue weighted by atomic mass is 32.2. The summed E-state index contributed by atoms with van der Waals surface area (Å²) in [6, 6.07) is 15.2. The molecule has 0 heterocycles. The Morgan fingerprint density at radius 1 is 1.08 bits per heavy atom. The van der Waals surface area contributed by atoms with Gasteiger partial charge in [-0.15, -0.1) is 0 Å². The number of hydrogen-bond acceptors (Lipinski definition) is 3. The first-order valence-corrected chi connectivity index (χ1v) is 9.18. The van der Waals surface area contributed by atoms with Crippen LogP contribution in [-0.4, -0.2) is 26.9 Å². The summed E-state index contributed by atoms with van der Waals surface area (Å²) in [4.78, 5) is 12.3. The lowest BCUT2D eigenvalue weighted by molar-refractivity contribution is -0.120. The molecule has 0 atom stereocenters. The minimum absolute atomic E-state index is 0.0590. The number of rotatable bonds is 6. The fourth-order valence-corrected chi connectivity index (χ4v) is 3.75. The first-order valence-electron chi connectivity index (χ1n) is 7.74. The molecule has 0 aliphatic rings. The molecule has 0 saturated carbocycles. The number of sulfonamides is 1. The van der Waals surface area contributed by atoms with Crippen molar-refractivity contribution in [3.05, 3.63) is 60.2 Å². The van der Waals surface area contributed by atoms with Crippen molar-refractivity contribution in [2.24, 2.45) is 0 Å². The van der Waals surface area contributed by atoms with Gasteiger partial charge in [-0.05, 0) is 50.6 Å². The van der Waals surface area contributed by atoms with Crippen LogP contribution in [0.15, 0.2) is 59.5 Å². The van der Waals surface area contributed by atoms with Gasteiger partial charge in [0.05, 0.1) is 10.6 Å². The molecule has 0 aliphatic heterocycles. The van der Waals surface area contributed by atoms with Gasteiger partial charge in [0.2, 0.25) is 5.91 Å². The fourth-order valence-electron chi connectivity index (χ4n) is 2.32. The molecule has 0 aromatic heterocycles. The summed E-state index contributed by atoms with van der Waals surface area (Å²) >= 11 is 0. The van der Waals surface area contributed by atoms with Crippen LogP contribution in [0, 0.1) is 6.92 Å². The van der Waals surface area contributed by atoms with E-state index >= 15 is 0 Å². The topological polar surface area (TPSA) is 66.5 Å². The summed E-state index contributed by atoms with van der Waals surface area (Å²) in [5.41, 5.74) is 1.39. The Bertz CT molecular complexity index is 802. The van der Waals surface area contributed by atoms with Crippen LogP contribution < -0.4 is 9.62 Å². The van der Waals surface area contributed by atoms with Gasteiger partial charge in [0.1, 0.15) is 6.54 Å². The zero-order chi connectivity index (χ0) is 17.7. The largest absolute Gasteiger partial charge is 0.352 e. The number of carbonyl (C=O) groups excluding carboxylic acids is 1. The van der Waals surface area contributed by atoms with Crippen molar-refractivity contribution in [3.63, 3.8) is 0 Å². The van der Waals surface area contributed by atoms with Crippen molar-refractivity contribution in [2.45, 2.75) is 31.7 Å². The number of anilines is 1. The Morgan fingerprint density at radius 3 is 2.33 bits per heavy atom. The third kappa shape index (κ3) is 4.35. The number of carbonyl (C=O) groups is 1. The lowest BCUT2D eigenvalue weighted by Gasteiger charge is -2.25. The van der Waals surface area contributed by atoms with Crippen LogP contribution in [0.4, 0.5) is 5.69 Å². The first-order chi connectivity index (χ1) is 11.3. The molecule has 0 radical (unpaired) electrons. The van der Waals surface area contributed by atoms with E-state index in [1.807, 2.05) is 26.8 Å². The molecular weight excluding hydrogens is 324 g/mol. The van der Waals surface area contributed by atoms with Crippen molar-refractivity contribution < 1.29 is 13.2 Å². The van der Waals surface area contributed by atoms with E-state index in [2.05, 4.69) is 5.32 Å². The highest BCUT2D eigenvalue weighted by Gasteiger charge is 2.27. The van der Waals surface area contributed by atoms with E-state index in [1.165, 1.54) is 12.1 Å². The van der Waals surface area contributed by atoms with E-state index in [0.717, 1.165) is 9.87 Å². The third-order valence-corrected chi connectivity index (χ3v) is 5.15. The van der Waals surface area contributed by atoms with E-state index in [9.17, 15) is 13.2 Å². The molecular formula is C18H22N2O3S. The smallest absolute Gasteiger partial charge is 0.264 e.